The number of ether oxygens (including phenoxy) is 2. The molecule has 1 fully saturated rings. The highest BCUT2D eigenvalue weighted by molar-refractivity contribution is 6.39. The van der Waals surface area contributed by atoms with Crippen molar-refractivity contribution in [2.24, 2.45) is 5.92 Å². The third kappa shape index (κ3) is 7.46. The minimum absolute atomic E-state index is 0.123. The molecule has 0 bridgehead atoms. The zero-order valence-corrected chi connectivity index (χ0v) is 22.2. The van der Waals surface area contributed by atoms with Crippen LogP contribution >= 0.6 is 23.2 Å². The molecule has 1 aliphatic carbocycles. The van der Waals surface area contributed by atoms with E-state index in [0.717, 1.165) is 49.1 Å². The van der Waals surface area contributed by atoms with Crippen molar-refractivity contribution in [3.8, 4) is 5.75 Å². The molecule has 8 heteroatoms. The Hall–Kier alpha value is -3.09. The van der Waals surface area contributed by atoms with E-state index in [2.05, 4.69) is 16.4 Å². The Bertz CT molecular complexity index is 1180. The Morgan fingerprint density at radius 3 is 2.30 bits per heavy atom. The smallest absolute Gasteiger partial charge is 0.328 e. The van der Waals surface area contributed by atoms with Gasteiger partial charge in [-0.2, -0.15) is 0 Å². The Kier molecular flexibility index (Phi) is 9.42. The summed E-state index contributed by atoms with van der Waals surface area (Å²) >= 11 is 12.3. The van der Waals surface area contributed by atoms with Crippen molar-refractivity contribution >= 4 is 35.1 Å². The molecule has 194 valence electrons. The molecule has 1 amide bonds. The van der Waals surface area contributed by atoms with Crippen molar-refractivity contribution < 1.29 is 19.1 Å². The molecule has 1 aliphatic rings. The maximum absolute atomic E-state index is 12.8. The number of pyridine rings is 1. The Labute approximate surface area is 227 Å². The second-order valence-corrected chi connectivity index (χ2v) is 10.1. The van der Waals surface area contributed by atoms with Gasteiger partial charge in [0.25, 0.3) is 5.91 Å². The molecule has 2 aromatic carbocycles. The van der Waals surface area contributed by atoms with Crippen LogP contribution in [0.15, 0.2) is 66.9 Å². The van der Waals surface area contributed by atoms with Gasteiger partial charge in [-0.05, 0) is 80.0 Å². The van der Waals surface area contributed by atoms with Gasteiger partial charge in [-0.25, -0.2) is 4.79 Å². The van der Waals surface area contributed by atoms with Gasteiger partial charge in [-0.15, -0.1) is 0 Å². The molecule has 3 aromatic rings. The largest absolute Gasteiger partial charge is 0.490 e. The molecular weight excluding hydrogens is 511 g/mol. The third-order valence-electron chi connectivity index (χ3n) is 6.66. The van der Waals surface area contributed by atoms with Gasteiger partial charge in [-0.1, -0.05) is 47.5 Å². The molecule has 1 aromatic heterocycles. The molecule has 1 heterocycles. The summed E-state index contributed by atoms with van der Waals surface area (Å²) in [6.07, 6.45) is 7.57. The van der Waals surface area contributed by atoms with Crippen molar-refractivity contribution in [2.75, 3.05) is 7.11 Å². The average molecular weight is 541 g/mol. The fourth-order valence-corrected chi connectivity index (χ4v) is 5.25. The zero-order valence-electron chi connectivity index (χ0n) is 20.7. The number of carbonyl (C=O) groups excluding carboxylic acids is 2. The lowest BCUT2D eigenvalue weighted by molar-refractivity contribution is -0.142. The van der Waals surface area contributed by atoms with Crippen molar-refractivity contribution in [1.29, 1.82) is 0 Å². The number of nitrogens with one attached hydrogen (secondary N) is 1. The van der Waals surface area contributed by atoms with E-state index in [9.17, 15) is 9.59 Å². The zero-order chi connectivity index (χ0) is 26.2. The standard InChI is InChI=1S/C29H30Cl2N2O4/c1-36-29(35)26(33-28(34)27-24(30)6-4-7-25(27)31)18-20-10-14-23(15-11-20)37-22-12-8-19(9-13-22)17-21-5-2-3-16-32-21/h2-7,10-11,14-16,19,22,26H,8-9,12-13,17-18H2,1H3,(H,33,34)/t19?,22?,26-/m0/s1. The Morgan fingerprint density at radius 2 is 1.68 bits per heavy atom. The monoisotopic (exact) mass is 540 g/mol. The van der Waals surface area contributed by atoms with Crippen molar-refractivity contribution in [1.82, 2.24) is 10.3 Å². The van der Waals surface area contributed by atoms with Crippen LogP contribution in [0.1, 0.15) is 47.3 Å². The highest BCUT2D eigenvalue weighted by Gasteiger charge is 2.26. The minimum Gasteiger partial charge on any atom is -0.490 e. The van der Waals surface area contributed by atoms with Crippen LogP contribution < -0.4 is 10.1 Å². The predicted octanol–water partition coefficient (Wildman–Crippen LogP) is 6.08. The van der Waals surface area contributed by atoms with Crippen LogP contribution in [0.2, 0.25) is 10.0 Å². The first-order valence-electron chi connectivity index (χ1n) is 12.4. The molecule has 6 nitrogen and oxygen atoms in total. The van der Waals surface area contributed by atoms with E-state index >= 15 is 0 Å². The number of benzene rings is 2. The summed E-state index contributed by atoms with van der Waals surface area (Å²) < 4.78 is 11.1. The number of esters is 1. The van der Waals surface area contributed by atoms with Crippen molar-refractivity contribution in [3.05, 3.63) is 93.7 Å². The van der Waals surface area contributed by atoms with Gasteiger partial charge in [0.05, 0.1) is 28.8 Å². The third-order valence-corrected chi connectivity index (χ3v) is 7.29. The number of nitrogens with zero attached hydrogens (tertiary/aromatic N) is 1. The number of carbonyl (C=O) groups is 2. The van der Waals surface area contributed by atoms with Gasteiger partial charge in [0.15, 0.2) is 0 Å². The molecule has 0 spiro atoms. The number of hydrogen-bond donors (Lipinski definition) is 1. The maximum atomic E-state index is 12.8. The number of halogens is 2. The summed E-state index contributed by atoms with van der Waals surface area (Å²) in [5.41, 5.74) is 2.13. The van der Waals surface area contributed by atoms with E-state index in [0.29, 0.717) is 5.92 Å². The Morgan fingerprint density at radius 1 is 0.973 bits per heavy atom. The number of aromatic nitrogens is 1. The highest BCUT2D eigenvalue weighted by Crippen LogP contribution is 2.30. The second kappa shape index (κ2) is 12.9. The van der Waals surface area contributed by atoms with Crippen molar-refractivity contribution in [2.45, 2.75) is 50.7 Å². The summed E-state index contributed by atoms with van der Waals surface area (Å²) in [4.78, 5) is 29.6. The first-order chi connectivity index (χ1) is 17.9. The molecule has 0 saturated heterocycles. The van der Waals surface area contributed by atoms with Gasteiger partial charge < -0.3 is 14.8 Å². The minimum atomic E-state index is -0.897. The fraction of sp³-hybridized carbons (Fsp3) is 0.345. The van der Waals surface area contributed by atoms with Crippen LogP contribution in [-0.2, 0) is 22.4 Å². The van der Waals surface area contributed by atoms with Crippen LogP contribution in [0.3, 0.4) is 0 Å². The first kappa shape index (κ1) is 27.0. The highest BCUT2D eigenvalue weighted by atomic mass is 35.5. The number of methoxy groups -OCH3 is 1. The van der Waals surface area contributed by atoms with E-state index in [1.807, 2.05) is 42.6 Å². The average Bonchev–Trinajstić information content (AvgIpc) is 2.90. The quantitative estimate of drug-likeness (QED) is 0.332. The molecule has 0 radical (unpaired) electrons. The molecule has 1 atom stereocenters. The first-order valence-corrected chi connectivity index (χ1v) is 13.2. The summed E-state index contributed by atoms with van der Waals surface area (Å²) in [5.74, 6) is 0.339. The number of hydrogen-bond acceptors (Lipinski definition) is 5. The normalized spacial score (nSPS) is 18.0. The topological polar surface area (TPSA) is 77.5 Å². The molecule has 0 unspecified atom stereocenters. The van der Waals surface area contributed by atoms with Gasteiger partial charge in [-0.3, -0.25) is 9.78 Å². The SMILES string of the molecule is COC(=O)[C@H](Cc1ccc(OC2CCC(Cc3ccccn3)CC2)cc1)NC(=O)c1c(Cl)cccc1Cl. The fourth-order valence-electron chi connectivity index (χ4n) is 4.68. The molecule has 4 rings (SSSR count). The van der Waals surface area contributed by atoms with Crippen LogP contribution in [0.4, 0.5) is 0 Å². The van der Waals surface area contributed by atoms with Crippen LogP contribution in [0.5, 0.6) is 5.75 Å². The van der Waals surface area contributed by atoms with Gasteiger partial charge in [0.1, 0.15) is 11.8 Å². The van der Waals surface area contributed by atoms with E-state index in [-0.39, 0.29) is 28.1 Å². The summed E-state index contributed by atoms with van der Waals surface area (Å²) in [6, 6.07) is 17.6. The van der Waals surface area contributed by atoms with Crippen molar-refractivity contribution in [3.63, 3.8) is 0 Å². The van der Waals surface area contributed by atoms with E-state index in [4.69, 9.17) is 32.7 Å². The van der Waals surface area contributed by atoms with Crippen LogP contribution in [0, 0.1) is 5.92 Å². The van der Waals surface area contributed by atoms with Crippen LogP contribution in [0.25, 0.3) is 0 Å². The van der Waals surface area contributed by atoms with Gasteiger partial charge in [0, 0.05) is 18.3 Å². The summed E-state index contributed by atoms with van der Waals surface area (Å²) in [5, 5.41) is 3.12. The lowest BCUT2D eigenvalue weighted by Gasteiger charge is -2.29. The Balaban J connectivity index is 1.31. The second-order valence-electron chi connectivity index (χ2n) is 9.28. The van der Waals surface area contributed by atoms with Crippen LogP contribution in [-0.4, -0.2) is 36.1 Å². The lowest BCUT2D eigenvalue weighted by Crippen LogP contribution is -2.43. The molecule has 1 N–H and O–H groups in total. The molecule has 0 aliphatic heterocycles. The number of amides is 1. The molecule has 1 saturated carbocycles. The van der Waals surface area contributed by atoms with Gasteiger partial charge in [0.2, 0.25) is 0 Å². The maximum Gasteiger partial charge on any atom is 0.328 e. The summed E-state index contributed by atoms with van der Waals surface area (Å²) in [7, 11) is 1.28. The lowest BCUT2D eigenvalue weighted by atomic mass is 9.84. The van der Waals surface area contributed by atoms with E-state index < -0.39 is 17.9 Å². The predicted molar refractivity (Wildman–Crippen MR) is 144 cm³/mol. The van der Waals surface area contributed by atoms with Gasteiger partial charge >= 0.3 is 5.97 Å². The van der Waals surface area contributed by atoms with E-state index in [1.165, 1.54) is 7.11 Å². The summed E-state index contributed by atoms with van der Waals surface area (Å²) in [6.45, 7) is 0. The molecular formula is C29H30Cl2N2O4. The molecule has 37 heavy (non-hydrogen) atoms. The van der Waals surface area contributed by atoms with E-state index in [1.54, 1.807) is 18.2 Å². The number of rotatable bonds is 9.